The van der Waals surface area contributed by atoms with Gasteiger partial charge in [0.05, 0.1) is 10.6 Å². The minimum Gasteiger partial charge on any atom is -0.354 e. The van der Waals surface area contributed by atoms with Gasteiger partial charge in [0, 0.05) is 24.5 Å². The Morgan fingerprint density at radius 1 is 0.810 bits per heavy atom. The molecule has 4 aromatic carbocycles. The summed E-state index contributed by atoms with van der Waals surface area (Å²) in [6, 6.07) is 32.1. The molecule has 9 heteroatoms. The van der Waals surface area contributed by atoms with Crippen LogP contribution in [0.3, 0.4) is 0 Å². The number of nitrogens with one attached hydrogen (secondary N) is 1. The molecule has 0 unspecified atom stereocenters. The van der Waals surface area contributed by atoms with Crippen molar-refractivity contribution in [2.24, 2.45) is 0 Å². The van der Waals surface area contributed by atoms with Gasteiger partial charge in [-0.3, -0.25) is 13.9 Å². The van der Waals surface area contributed by atoms with Crippen LogP contribution in [0.15, 0.2) is 120 Å². The van der Waals surface area contributed by atoms with E-state index >= 15 is 0 Å². The highest BCUT2D eigenvalue weighted by Gasteiger charge is 2.34. The second-order valence-electron chi connectivity index (χ2n) is 9.81. The molecule has 0 aliphatic carbocycles. The Hall–Kier alpha value is -4.14. The third kappa shape index (κ3) is 7.99. The molecule has 1 N–H and O–H groups in total. The highest BCUT2D eigenvalue weighted by Crippen LogP contribution is 2.25. The van der Waals surface area contributed by atoms with Crippen molar-refractivity contribution >= 4 is 39.1 Å². The van der Waals surface area contributed by atoms with E-state index in [0.29, 0.717) is 17.3 Å². The third-order valence-corrected chi connectivity index (χ3v) is 8.74. The highest BCUT2D eigenvalue weighted by atomic mass is 35.5. The summed E-state index contributed by atoms with van der Waals surface area (Å²) in [7, 11) is -4.12. The van der Waals surface area contributed by atoms with Crippen LogP contribution in [0.25, 0.3) is 0 Å². The molecule has 0 fully saturated rings. The number of halogens is 1. The predicted octanol–water partition coefficient (Wildman–Crippen LogP) is 5.70. The Labute approximate surface area is 252 Å². The van der Waals surface area contributed by atoms with Gasteiger partial charge in [-0.25, -0.2) is 8.42 Å². The number of hydrogen-bond donors (Lipinski definition) is 1. The van der Waals surface area contributed by atoms with Gasteiger partial charge >= 0.3 is 0 Å². The van der Waals surface area contributed by atoms with E-state index in [-0.39, 0.29) is 23.8 Å². The second-order valence-corrected chi connectivity index (χ2v) is 12.1. The molecule has 0 aromatic heterocycles. The first kappa shape index (κ1) is 30.8. The standard InChI is InChI=1S/C33H34ClN3O4S/c1-2-21-35-33(39)31(23-26-13-6-3-7-14-26)36(24-27-15-12-16-28(34)22-27)32(38)25-37(29-17-8-4-9-18-29)42(40,41)30-19-10-5-11-20-30/h3-20,22,31H,2,21,23-25H2,1H3,(H,35,39)/t31-/m0/s1. The van der Waals surface area contributed by atoms with E-state index in [1.54, 1.807) is 66.7 Å². The molecule has 218 valence electrons. The van der Waals surface area contributed by atoms with Crippen molar-refractivity contribution in [1.29, 1.82) is 0 Å². The molecule has 0 aliphatic rings. The molecular formula is C33H34ClN3O4S. The van der Waals surface area contributed by atoms with Gasteiger partial charge in [-0.05, 0) is 53.9 Å². The van der Waals surface area contributed by atoms with Crippen molar-refractivity contribution < 1.29 is 18.0 Å². The fourth-order valence-electron chi connectivity index (χ4n) is 4.59. The molecule has 0 radical (unpaired) electrons. The summed E-state index contributed by atoms with van der Waals surface area (Å²) in [6.07, 6.45) is 0.975. The van der Waals surface area contributed by atoms with E-state index in [9.17, 15) is 18.0 Å². The Bertz CT molecular complexity index is 1570. The maximum absolute atomic E-state index is 14.3. The van der Waals surface area contributed by atoms with Gasteiger partial charge in [0.2, 0.25) is 11.8 Å². The number of amides is 2. The average molecular weight is 604 g/mol. The van der Waals surface area contributed by atoms with Crippen molar-refractivity contribution in [2.45, 2.75) is 37.2 Å². The summed E-state index contributed by atoms with van der Waals surface area (Å²) in [5, 5.41) is 3.43. The monoisotopic (exact) mass is 603 g/mol. The first-order valence-electron chi connectivity index (χ1n) is 13.8. The molecule has 7 nitrogen and oxygen atoms in total. The molecule has 0 heterocycles. The SMILES string of the molecule is CCCNC(=O)[C@H](Cc1ccccc1)N(Cc1cccc(Cl)c1)C(=O)CN(c1ccccc1)S(=O)(=O)c1ccccc1. The number of anilines is 1. The third-order valence-electron chi connectivity index (χ3n) is 6.72. The second kappa shape index (κ2) is 14.7. The quantitative estimate of drug-likeness (QED) is 0.212. The van der Waals surface area contributed by atoms with Gasteiger partial charge in [-0.2, -0.15) is 0 Å². The van der Waals surface area contributed by atoms with Crippen LogP contribution >= 0.6 is 11.6 Å². The summed E-state index contributed by atoms with van der Waals surface area (Å²) in [6.45, 7) is 1.95. The van der Waals surface area contributed by atoms with Crippen molar-refractivity contribution in [2.75, 3.05) is 17.4 Å². The number of rotatable bonds is 13. The zero-order valence-corrected chi connectivity index (χ0v) is 25.0. The fraction of sp³-hybridized carbons (Fsp3) is 0.212. The van der Waals surface area contributed by atoms with Gasteiger partial charge in [-0.1, -0.05) is 97.4 Å². The van der Waals surface area contributed by atoms with Crippen LogP contribution in [0.1, 0.15) is 24.5 Å². The number of benzene rings is 4. The first-order chi connectivity index (χ1) is 20.3. The summed E-state index contributed by atoms with van der Waals surface area (Å²) in [5.74, 6) is -0.834. The van der Waals surface area contributed by atoms with Crippen molar-refractivity contribution in [3.63, 3.8) is 0 Å². The van der Waals surface area contributed by atoms with E-state index in [2.05, 4.69) is 5.32 Å². The number of carbonyl (C=O) groups is 2. The molecule has 1 atom stereocenters. The zero-order chi connectivity index (χ0) is 30.0. The molecule has 4 aromatic rings. The molecule has 0 spiro atoms. The lowest BCUT2D eigenvalue weighted by Gasteiger charge is -2.34. The molecule has 42 heavy (non-hydrogen) atoms. The molecule has 0 aliphatic heterocycles. The average Bonchev–Trinajstić information content (AvgIpc) is 3.01. The van der Waals surface area contributed by atoms with E-state index in [1.165, 1.54) is 17.0 Å². The summed E-state index contributed by atoms with van der Waals surface area (Å²) in [4.78, 5) is 29.4. The Balaban J connectivity index is 1.77. The molecule has 0 saturated carbocycles. The van der Waals surface area contributed by atoms with Crippen LogP contribution in [-0.2, 0) is 32.6 Å². The van der Waals surface area contributed by atoms with E-state index in [1.807, 2.05) is 43.3 Å². The highest BCUT2D eigenvalue weighted by molar-refractivity contribution is 7.92. The topological polar surface area (TPSA) is 86.8 Å². The number of sulfonamides is 1. The molecular weight excluding hydrogens is 570 g/mol. The maximum atomic E-state index is 14.3. The minimum absolute atomic E-state index is 0.0598. The summed E-state index contributed by atoms with van der Waals surface area (Å²) >= 11 is 6.27. The van der Waals surface area contributed by atoms with Crippen LogP contribution in [-0.4, -0.2) is 44.3 Å². The van der Waals surface area contributed by atoms with E-state index in [0.717, 1.165) is 21.9 Å². The van der Waals surface area contributed by atoms with Gasteiger partial charge in [-0.15, -0.1) is 0 Å². The maximum Gasteiger partial charge on any atom is 0.264 e. The first-order valence-corrected chi connectivity index (χ1v) is 15.6. The van der Waals surface area contributed by atoms with Crippen molar-refractivity contribution in [3.8, 4) is 0 Å². The van der Waals surface area contributed by atoms with Crippen molar-refractivity contribution in [1.82, 2.24) is 10.2 Å². The van der Waals surface area contributed by atoms with Crippen LogP contribution in [0.4, 0.5) is 5.69 Å². The predicted molar refractivity (Wildman–Crippen MR) is 167 cm³/mol. The number of para-hydroxylation sites is 1. The smallest absolute Gasteiger partial charge is 0.264 e. The molecule has 0 saturated heterocycles. The minimum atomic E-state index is -4.12. The summed E-state index contributed by atoms with van der Waals surface area (Å²) < 4.78 is 28.9. The molecule has 0 bridgehead atoms. The van der Waals surface area contributed by atoms with Gasteiger partial charge < -0.3 is 10.2 Å². The molecule has 4 rings (SSSR count). The Morgan fingerprint density at radius 2 is 1.40 bits per heavy atom. The van der Waals surface area contributed by atoms with Crippen LogP contribution in [0, 0.1) is 0 Å². The summed E-state index contributed by atoms with van der Waals surface area (Å²) in [5.41, 5.74) is 1.93. The molecule has 2 amide bonds. The van der Waals surface area contributed by atoms with Gasteiger partial charge in [0.15, 0.2) is 0 Å². The number of nitrogens with zero attached hydrogens (tertiary/aromatic N) is 2. The van der Waals surface area contributed by atoms with Crippen molar-refractivity contribution in [3.05, 3.63) is 131 Å². The van der Waals surface area contributed by atoms with Crippen LogP contribution in [0.5, 0.6) is 0 Å². The lowest BCUT2D eigenvalue weighted by molar-refractivity contribution is -0.140. The lowest BCUT2D eigenvalue weighted by atomic mass is 10.0. The van der Waals surface area contributed by atoms with Gasteiger partial charge in [0.1, 0.15) is 12.6 Å². The largest absolute Gasteiger partial charge is 0.354 e. The van der Waals surface area contributed by atoms with E-state index < -0.39 is 28.5 Å². The van der Waals surface area contributed by atoms with Crippen LogP contribution in [0.2, 0.25) is 5.02 Å². The van der Waals surface area contributed by atoms with Crippen LogP contribution < -0.4 is 9.62 Å². The van der Waals surface area contributed by atoms with E-state index in [4.69, 9.17) is 11.6 Å². The normalized spacial score (nSPS) is 11.9. The number of hydrogen-bond acceptors (Lipinski definition) is 4. The lowest BCUT2D eigenvalue weighted by Crippen LogP contribution is -2.53. The zero-order valence-electron chi connectivity index (χ0n) is 23.4. The Kier molecular flexibility index (Phi) is 10.8. The van der Waals surface area contributed by atoms with Gasteiger partial charge in [0.25, 0.3) is 10.0 Å². The Morgan fingerprint density at radius 3 is 2.02 bits per heavy atom. The number of carbonyl (C=O) groups excluding carboxylic acids is 2. The fourth-order valence-corrected chi connectivity index (χ4v) is 6.24.